The standard InChI is InChI=1S/C12H22N4O3/c1-3-5-10(9-12(17)18)16-11(13-14-15-16)6-8-19-7-4-2/h10H,3-9H2,1-2H3,(H,17,18). The predicted molar refractivity (Wildman–Crippen MR) is 68.8 cm³/mol. The van der Waals surface area contributed by atoms with E-state index in [1.54, 1.807) is 4.68 Å². The summed E-state index contributed by atoms with van der Waals surface area (Å²) in [6, 6.07) is -0.182. The lowest BCUT2D eigenvalue weighted by atomic mass is 10.1. The van der Waals surface area contributed by atoms with Crippen molar-refractivity contribution in [3.63, 3.8) is 0 Å². The van der Waals surface area contributed by atoms with Gasteiger partial charge in [-0.2, -0.15) is 0 Å². The fraction of sp³-hybridized carbons (Fsp3) is 0.833. The lowest BCUT2D eigenvalue weighted by molar-refractivity contribution is -0.138. The van der Waals surface area contributed by atoms with Crippen molar-refractivity contribution in [2.75, 3.05) is 13.2 Å². The molecule has 0 aliphatic rings. The number of carbonyl (C=O) groups is 1. The van der Waals surface area contributed by atoms with Crippen LogP contribution in [0.5, 0.6) is 0 Å². The summed E-state index contributed by atoms with van der Waals surface area (Å²) >= 11 is 0. The normalized spacial score (nSPS) is 12.5. The summed E-state index contributed by atoms with van der Waals surface area (Å²) < 4.78 is 7.04. The highest BCUT2D eigenvalue weighted by Crippen LogP contribution is 2.18. The second-order valence-electron chi connectivity index (χ2n) is 4.44. The topological polar surface area (TPSA) is 90.1 Å². The Hall–Kier alpha value is -1.50. The van der Waals surface area contributed by atoms with E-state index in [0.29, 0.717) is 18.9 Å². The van der Waals surface area contributed by atoms with Crippen molar-refractivity contribution in [2.45, 2.75) is 52.0 Å². The third kappa shape index (κ3) is 5.34. The first kappa shape index (κ1) is 15.6. The fourth-order valence-corrected chi connectivity index (χ4v) is 1.92. The van der Waals surface area contributed by atoms with Gasteiger partial charge in [0.05, 0.1) is 19.1 Å². The van der Waals surface area contributed by atoms with Crippen LogP contribution >= 0.6 is 0 Å². The quantitative estimate of drug-likeness (QED) is 0.647. The van der Waals surface area contributed by atoms with Gasteiger partial charge in [0.25, 0.3) is 0 Å². The first-order valence-electron chi connectivity index (χ1n) is 6.75. The van der Waals surface area contributed by atoms with Crippen LogP contribution in [0.15, 0.2) is 0 Å². The number of hydrogen-bond donors (Lipinski definition) is 1. The molecule has 108 valence electrons. The van der Waals surface area contributed by atoms with E-state index in [9.17, 15) is 4.79 Å². The molecule has 1 atom stereocenters. The molecule has 0 aliphatic heterocycles. The van der Waals surface area contributed by atoms with E-state index >= 15 is 0 Å². The predicted octanol–water partition coefficient (Wildman–Crippen LogP) is 1.46. The second kappa shape index (κ2) is 8.58. The monoisotopic (exact) mass is 270 g/mol. The maximum absolute atomic E-state index is 10.9. The van der Waals surface area contributed by atoms with Crippen LogP contribution in [-0.4, -0.2) is 44.5 Å². The van der Waals surface area contributed by atoms with Gasteiger partial charge in [-0.15, -0.1) is 5.10 Å². The van der Waals surface area contributed by atoms with Gasteiger partial charge in [0.2, 0.25) is 0 Å². The second-order valence-corrected chi connectivity index (χ2v) is 4.44. The molecule has 0 aromatic carbocycles. The average Bonchev–Trinajstić information content (AvgIpc) is 2.82. The summed E-state index contributed by atoms with van der Waals surface area (Å²) in [6.07, 6.45) is 3.26. The van der Waals surface area contributed by atoms with Crippen LogP contribution in [0.1, 0.15) is 51.4 Å². The Morgan fingerprint density at radius 1 is 1.37 bits per heavy atom. The highest BCUT2D eigenvalue weighted by molar-refractivity contribution is 5.67. The Morgan fingerprint density at radius 2 is 2.16 bits per heavy atom. The van der Waals surface area contributed by atoms with Crippen molar-refractivity contribution in [2.24, 2.45) is 0 Å². The lowest BCUT2D eigenvalue weighted by Gasteiger charge is -2.15. The molecule has 1 rings (SSSR count). The number of tetrazole rings is 1. The molecule has 19 heavy (non-hydrogen) atoms. The molecular weight excluding hydrogens is 248 g/mol. The van der Waals surface area contributed by atoms with Gasteiger partial charge in [-0.1, -0.05) is 20.3 Å². The number of hydrogen-bond acceptors (Lipinski definition) is 5. The molecule has 7 nitrogen and oxygen atoms in total. The number of carboxylic acids is 1. The van der Waals surface area contributed by atoms with E-state index in [-0.39, 0.29) is 12.5 Å². The minimum atomic E-state index is -0.831. The molecule has 0 saturated heterocycles. The molecule has 0 radical (unpaired) electrons. The summed E-state index contributed by atoms with van der Waals surface area (Å²) in [4.78, 5) is 10.9. The van der Waals surface area contributed by atoms with E-state index in [1.165, 1.54) is 0 Å². The number of aromatic nitrogens is 4. The van der Waals surface area contributed by atoms with Gasteiger partial charge >= 0.3 is 5.97 Å². The third-order valence-electron chi connectivity index (χ3n) is 2.76. The molecule has 0 aliphatic carbocycles. The summed E-state index contributed by atoms with van der Waals surface area (Å²) in [5.41, 5.74) is 0. The Labute approximate surface area is 112 Å². The van der Waals surface area contributed by atoms with Gasteiger partial charge in [-0.3, -0.25) is 4.79 Å². The lowest BCUT2D eigenvalue weighted by Crippen LogP contribution is -2.18. The molecule has 0 bridgehead atoms. The van der Waals surface area contributed by atoms with Crippen LogP contribution in [0.25, 0.3) is 0 Å². The number of ether oxygens (including phenoxy) is 1. The molecule has 0 amide bonds. The molecule has 1 aromatic heterocycles. The van der Waals surface area contributed by atoms with Crippen molar-refractivity contribution in [1.29, 1.82) is 0 Å². The third-order valence-corrected chi connectivity index (χ3v) is 2.76. The SMILES string of the molecule is CCCOCCc1nnnn1C(CCC)CC(=O)O. The van der Waals surface area contributed by atoms with Gasteiger partial charge < -0.3 is 9.84 Å². The Balaban J connectivity index is 2.63. The van der Waals surface area contributed by atoms with E-state index in [0.717, 1.165) is 25.9 Å². The van der Waals surface area contributed by atoms with Crippen LogP contribution in [0.4, 0.5) is 0 Å². The van der Waals surface area contributed by atoms with Gasteiger partial charge in [0.1, 0.15) is 0 Å². The summed E-state index contributed by atoms with van der Waals surface area (Å²) in [7, 11) is 0. The minimum Gasteiger partial charge on any atom is -0.481 e. The van der Waals surface area contributed by atoms with Crippen LogP contribution in [-0.2, 0) is 16.0 Å². The largest absolute Gasteiger partial charge is 0.481 e. The highest BCUT2D eigenvalue weighted by atomic mass is 16.5. The molecular formula is C12H22N4O3. The van der Waals surface area contributed by atoms with E-state index in [4.69, 9.17) is 9.84 Å². The Bertz CT molecular complexity index is 381. The number of rotatable bonds is 10. The molecule has 1 aromatic rings. The number of nitrogens with zero attached hydrogens (tertiary/aromatic N) is 4. The first-order valence-corrected chi connectivity index (χ1v) is 6.75. The van der Waals surface area contributed by atoms with Crippen molar-refractivity contribution < 1.29 is 14.6 Å². The average molecular weight is 270 g/mol. The Morgan fingerprint density at radius 3 is 2.79 bits per heavy atom. The molecule has 1 unspecified atom stereocenters. The zero-order valence-electron chi connectivity index (χ0n) is 11.6. The first-order chi connectivity index (χ1) is 9.19. The van der Waals surface area contributed by atoms with E-state index < -0.39 is 5.97 Å². The molecule has 0 fully saturated rings. The zero-order valence-corrected chi connectivity index (χ0v) is 11.6. The summed E-state index contributed by atoms with van der Waals surface area (Å²) in [5.74, 6) is -0.141. The van der Waals surface area contributed by atoms with Crippen molar-refractivity contribution in [3.05, 3.63) is 5.82 Å². The van der Waals surface area contributed by atoms with Gasteiger partial charge in [-0.05, 0) is 23.3 Å². The maximum Gasteiger partial charge on any atom is 0.305 e. The smallest absolute Gasteiger partial charge is 0.305 e. The van der Waals surface area contributed by atoms with E-state index in [2.05, 4.69) is 15.5 Å². The molecule has 0 saturated carbocycles. The number of carboxylic acid groups (broad SMARTS) is 1. The van der Waals surface area contributed by atoms with Crippen LogP contribution in [0.2, 0.25) is 0 Å². The van der Waals surface area contributed by atoms with Crippen LogP contribution < -0.4 is 0 Å². The van der Waals surface area contributed by atoms with Crippen LogP contribution in [0, 0.1) is 0 Å². The molecule has 0 spiro atoms. The van der Waals surface area contributed by atoms with Gasteiger partial charge in [0, 0.05) is 13.0 Å². The van der Waals surface area contributed by atoms with Crippen molar-refractivity contribution in [3.8, 4) is 0 Å². The minimum absolute atomic E-state index is 0.0434. The van der Waals surface area contributed by atoms with E-state index in [1.807, 2.05) is 13.8 Å². The summed E-state index contributed by atoms with van der Waals surface area (Å²) in [5, 5.41) is 20.5. The Kier molecular flexibility index (Phi) is 7.02. The number of aliphatic carboxylic acids is 1. The van der Waals surface area contributed by atoms with Gasteiger partial charge in [-0.25, -0.2) is 4.68 Å². The molecule has 7 heteroatoms. The van der Waals surface area contributed by atoms with Crippen molar-refractivity contribution in [1.82, 2.24) is 20.2 Å². The maximum atomic E-state index is 10.9. The van der Waals surface area contributed by atoms with Gasteiger partial charge in [0.15, 0.2) is 5.82 Å². The van der Waals surface area contributed by atoms with Crippen LogP contribution in [0.3, 0.4) is 0 Å². The molecule has 1 heterocycles. The fourth-order valence-electron chi connectivity index (χ4n) is 1.92. The summed E-state index contributed by atoms with van der Waals surface area (Å²) in [6.45, 7) is 5.34. The van der Waals surface area contributed by atoms with Crippen molar-refractivity contribution >= 4 is 5.97 Å². The molecule has 1 N–H and O–H groups in total. The zero-order chi connectivity index (χ0) is 14.1. The highest BCUT2D eigenvalue weighted by Gasteiger charge is 2.19.